The molecule has 140 valence electrons. The maximum atomic E-state index is 11.8. The largest absolute Gasteiger partial charge is 0.459 e. The van der Waals surface area contributed by atoms with Gasteiger partial charge in [0, 0.05) is 5.41 Å². The molecule has 0 aromatic heterocycles. The average Bonchev–Trinajstić information content (AvgIpc) is 2.89. The van der Waals surface area contributed by atoms with Gasteiger partial charge in [0.1, 0.15) is 12.7 Å². The number of cyclic esters (lactones) is 1. The molecule has 25 heavy (non-hydrogen) atoms. The number of carbonyl (C=O) groups is 1. The van der Waals surface area contributed by atoms with Gasteiger partial charge in [0.2, 0.25) is 0 Å². The summed E-state index contributed by atoms with van der Waals surface area (Å²) >= 11 is 0. The van der Waals surface area contributed by atoms with E-state index in [2.05, 4.69) is 13.5 Å². The first-order valence-electron chi connectivity index (χ1n) is 9.26. The van der Waals surface area contributed by atoms with Gasteiger partial charge >= 0.3 is 5.97 Å². The van der Waals surface area contributed by atoms with Gasteiger partial charge in [-0.2, -0.15) is 0 Å². The van der Waals surface area contributed by atoms with Gasteiger partial charge in [-0.3, -0.25) is 0 Å². The van der Waals surface area contributed by atoms with E-state index in [-0.39, 0.29) is 30.5 Å². The Balaban J connectivity index is 1.89. The van der Waals surface area contributed by atoms with E-state index in [1.54, 1.807) is 0 Å². The van der Waals surface area contributed by atoms with Gasteiger partial charge in [-0.15, -0.1) is 0 Å². The second-order valence-electron chi connectivity index (χ2n) is 8.54. The van der Waals surface area contributed by atoms with Crippen molar-refractivity contribution in [2.75, 3.05) is 13.2 Å². The lowest BCUT2D eigenvalue weighted by atomic mass is 9.46. The summed E-state index contributed by atoms with van der Waals surface area (Å²) in [6.45, 7) is 8.50. The van der Waals surface area contributed by atoms with E-state index < -0.39 is 23.6 Å². The predicted octanol–water partition coefficient (Wildman–Crippen LogP) is 1.96. The molecule has 5 heteroatoms. The van der Waals surface area contributed by atoms with E-state index in [0.29, 0.717) is 18.4 Å². The van der Waals surface area contributed by atoms with Gasteiger partial charge in [0.25, 0.3) is 0 Å². The van der Waals surface area contributed by atoms with Gasteiger partial charge in [-0.25, -0.2) is 4.79 Å². The Morgan fingerprint density at radius 1 is 1.32 bits per heavy atom. The molecule has 1 aliphatic heterocycles. The number of carbonyl (C=O) groups excluding carboxylic acids is 1. The first kappa shape index (κ1) is 18.6. The Kier molecular flexibility index (Phi) is 4.86. The van der Waals surface area contributed by atoms with Crippen LogP contribution >= 0.6 is 0 Å². The number of hydrogen-bond donors (Lipinski definition) is 3. The SMILES string of the molecule is C=C1CC[C@@H]2[C@](C)(CO)[C@H](O)CC[C@@]2(C)[C@@H]1CC=C1C(=O)OC[C@H]1O. The maximum Gasteiger partial charge on any atom is 0.336 e. The lowest BCUT2D eigenvalue weighted by Gasteiger charge is -2.59. The van der Waals surface area contributed by atoms with Crippen LogP contribution in [0.15, 0.2) is 23.8 Å². The van der Waals surface area contributed by atoms with Crippen LogP contribution in [0.4, 0.5) is 0 Å². The fourth-order valence-corrected chi connectivity index (χ4v) is 5.56. The summed E-state index contributed by atoms with van der Waals surface area (Å²) in [4.78, 5) is 11.8. The molecular weight excluding hydrogens is 320 g/mol. The van der Waals surface area contributed by atoms with E-state index in [0.717, 1.165) is 24.8 Å². The molecular formula is C20H30O5. The topological polar surface area (TPSA) is 87.0 Å². The Hall–Kier alpha value is -1.17. The molecule has 0 amide bonds. The van der Waals surface area contributed by atoms with Gasteiger partial charge < -0.3 is 20.1 Å². The minimum atomic E-state index is -0.844. The number of ether oxygens (including phenoxy) is 1. The normalized spacial score (nSPS) is 46.2. The molecule has 1 heterocycles. The summed E-state index contributed by atoms with van der Waals surface area (Å²) in [6, 6.07) is 0. The van der Waals surface area contributed by atoms with E-state index in [4.69, 9.17) is 4.74 Å². The van der Waals surface area contributed by atoms with Crippen LogP contribution in [-0.2, 0) is 9.53 Å². The average molecular weight is 350 g/mol. The Labute approximate surface area is 149 Å². The van der Waals surface area contributed by atoms with E-state index >= 15 is 0 Å². The molecule has 2 aliphatic carbocycles. The van der Waals surface area contributed by atoms with Crippen LogP contribution in [-0.4, -0.2) is 46.7 Å². The van der Waals surface area contributed by atoms with Crippen LogP contribution in [0.2, 0.25) is 0 Å². The molecule has 2 saturated carbocycles. The van der Waals surface area contributed by atoms with Crippen molar-refractivity contribution in [2.24, 2.45) is 22.7 Å². The third kappa shape index (κ3) is 2.86. The summed E-state index contributed by atoms with van der Waals surface area (Å²) in [5.74, 6) is -0.0734. The van der Waals surface area contributed by atoms with Crippen molar-refractivity contribution in [1.82, 2.24) is 0 Å². The quantitative estimate of drug-likeness (QED) is 0.411. The minimum absolute atomic E-state index is 0.0280. The third-order valence-corrected chi connectivity index (χ3v) is 7.23. The molecule has 6 atom stereocenters. The second-order valence-corrected chi connectivity index (χ2v) is 8.54. The Bertz CT molecular complexity index is 597. The Morgan fingerprint density at radius 2 is 2.04 bits per heavy atom. The summed E-state index contributed by atoms with van der Waals surface area (Å²) in [5.41, 5.74) is 0.911. The van der Waals surface area contributed by atoms with Crippen molar-refractivity contribution in [2.45, 2.75) is 58.2 Å². The predicted molar refractivity (Wildman–Crippen MR) is 93.6 cm³/mol. The highest BCUT2D eigenvalue weighted by atomic mass is 16.6. The number of hydrogen-bond acceptors (Lipinski definition) is 5. The van der Waals surface area contributed by atoms with Crippen LogP contribution < -0.4 is 0 Å². The molecule has 0 aromatic rings. The van der Waals surface area contributed by atoms with Crippen LogP contribution in [0.3, 0.4) is 0 Å². The number of aliphatic hydroxyl groups is 3. The first-order chi connectivity index (χ1) is 11.7. The number of fused-ring (bicyclic) bond motifs is 1. The highest BCUT2D eigenvalue weighted by Crippen LogP contribution is 2.61. The minimum Gasteiger partial charge on any atom is -0.459 e. The summed E-state index contributed by atoms with van der Waals surface area (Å²) in [6.07, 6.45) is 4.42. The van der Waals surface area contributed by atoms with Crippen molar-refractivity contribution >= 4 is 5.97 Å². The molecule has 3 N–H and O–H groups in total. The lowest BCUT2D eigenvalue weighted by Crippen LogP contribution is -2.57. The van der Waals surface area contributed by atoms with Gasteiger partial charge in [0.05, 0.1) is 18.3 Å². The first-order valence-corrected chi connectivity index (χ1v) is 9.26. The molecule has 0 radical (unpaired) electrons. The summed E-state index contributed by atoms with van der Waals surface area (Å²) in [7, 11) is 0. The highest BCUT2D eigenvalue weighted by Gasteiger charge is 2.57. The zero-order chi connectivity index (χ0) is 18.4. The van der Waals surface area contributed by atoms with Crippen LogP contribution in [0, 0.1) is 22.7 Å². The molecule has 0 aromatic carbocycles. The molecule has 1 saturated heterocycles. The zero-order valence-corrected chi connectivity index (χ0v) is 15.2. The van der Waals surface area contributed by atoms with Crippen LogP contribution in [0.1, 0.15) is 46.0 Å². The third-order valence-electron chi connectivity index (χ3n) is 7.23. The molecule has 0 spiro atoms. The molecule has 3 rings (SSSR count). The number of esters is 1. The Morgan fingerprint density at radius 3 is 2.64 bits per heavy atom. The summed E-state index contributed by atoms with van der Waals surface area (Å²) < 4.78 is 4.90. The van der Waals surface area contributed by atoms with Gasteiger partial charge in [0.15, 0.2) is 0 Å². The monoisotopic (exact) mass is 350 g/mol. The highest BCUT2D eigenvalue weighted by molar-refractivity contribution is 5.91. The van der Waals surface area contributed by atoms with Crippen molar-refractivity contribution < 1.29 is 24.9 Å². The molecule has 3 fully saturated rings. The van der Waals surface area contributed by atoms with E-state index in [9.17, 15) is 20.1 Å². The van der Waals surface area contributed by atoms with E-state index in [1.165, 1.54) is 0 Å². The fourth-order valence-electron chi connectivity index (χ4n) is 5.56. The molecule has 5 nitrogen and oxygen atoms in total. The summed E-state index contributed by atoms with van der Waals surface area (Å²) in [5, 5.41) is 30.4. The van der Waals surface area contributed by atoms with Crippen LogP contribution in [0.5, 0.6) is 0 Å². The van der Waals surface area contributed by atoms with Crippen molar-refractivity contribution in [3.8, 4) is 0 Å². The second kappa shape index (κ2) is 6.53. The zero-order valence-electron chi connectivity index (χ0n) is 15.2. The van der Waals surface area contributed by atoms with E-state index in [1.807, 2.05) is 13.0 Å². The molecule has 0 unspecified atom stereocenters. The lowest BCUT2D eigenvalue weighted by molar-refractivity contribution is -0.151. The van der Waals surface area contributed by atoms with Crippen LogP contribution in [0.25, 0.3) is 0 Å². The van der Waals surface area contributed by atoms with Gasteiger partial charge in [-0.1, -0.05) is 32.1 Å². The van der Waals surface area contributed by atoms with Crippen molar-refractivity contribution in [3.05, 3.63) is 23.8 Å². The number of allylic oxidation sites excluding steroid dienone is 2. The van der Waals surface area contributed by atoms with Crippen molar-refractivity contribution in [1.29, 1.82) is 0 Å². The number of rotatable bonds is 3. The standard InChI is InChI=1S/C20H30O5/c1-12-4-7-16-19(2,9-8-17(23)20(16,3)11-21)14(12)6-5-13-15(22)10-25-18(13)24/h5,14-17,21-23H,1,4,6-11H2,2-3H3/t14-,15-,16+,17-,19+,20+/m1/s1. The smallest absolute Gasteiger partial charge is 0.336 e. The fraction of sp³-hybridized carbons (Fsp3) is 0.750. The van der Waals surface area contributed by atoms with Gasteiger partial charge in [-0.05, 0) is 49.4 Å². The molecule has 0 bridgehead atoms. The van der Waals surface area contributed by atoms with Crippen molar-refractivity contribution in [3.63, 3.8) is 0 Å². The maximum absolute atomic E-state index is 11.8. The number of aliphatic hydroxyl groups excluding tert-OH is 3. The molecule has 3 aliphatic rings.